The van der Waals surface area contributed by atoms with Gasteiger partial charge in [-0.25, -0.2) is 9.98 Å². The number of amidine groups is 2. The van der Waals surface area contributed by atoms with Crippen LogP contribution in [0.5, 0.6) is 0 Å². The van der Waals surface area contributed by atoms with E-state index in [1.54, 1.807) is 24.1 Å². The summed E-state index contributed by atoms with van der Waals surface area (Å²) in [4.78, 5) is 43.3. The van der Waals surface area contributed by atoms with Crippen LogP contribution in [0, 0.1) is 16.7 Å². The van der Waals surface area contributed by atoms with Gasteiger partial charge in [0.2, 0.25) is 11.8 Å². The molecule has 4 heterocycles. The summed E-state index contributed by atoms with van der Waals surface area (Å²) < 4.78 is 5.82. The SMILES string of the molecule is CCN(C(=O)[C@@H]1CCN(CC(=O)N2CC=C(c3ccc(C(=N)/N=C\NC)cc3)CC2)C1)c1ccc(N)c(C(=N)N2C[C@@H](C)O[C@@H](C)C2)n1. The molecule has 5 N–H and O–H groups in total. The summed E-state index contributed by atoms with van der Waals surface area (Å²) in [7, 11) is 1.74. The molecule has 3 aliphatic rings. The van der Waals surface area contributed by atoms with Gasteiger partial charge in [0.25, 0.3) is 0 Å². The average Bonchev–Trinajstić information content (AvgIpc) is 3.56. The normalized spacial score (nSPS) is 21.7. The van der Waals surface area contributed by atoms with E-state index in [1.807, 2.05) is 54.8 Å². The first kappa shape index (κ1) is 34.7. The number of hydrogen-bond acceptors (Lipinski definition) is 8. The van der Waals surface area contributed by atoms with E-state index in [0.717, 1.165) is 17.5 Å². The summed E-state index contributed by atoms with van der Waals surface area (Å²) in [6, 6.07) is 11.3. The highest BCUT2D eigenvalue weighted by atomic mass is 16.5. The van der Waals surface area contributed by atoms with E-state index in [4.69, 9.17) is 26.3 Å². The molecule has 2 fully saturated rings. The number of carbonyl (C=O) groups is 2. The van der Waals surface area contributed by atoms with Crippen molar-refractivity contribution in [2.24, 2.45) is 10.9 Å². The van der Waals surface area contributed by atoms with Crippen molar-refractivity contribution in [3.05, 3.63) is 59.3 Å². The molecule has 2 amide bonds. The summed E-state index contributed by atoms with van der Waals surface area (Å²) in [5.41, 5.74) is 10.1. The van der Waals surface area contributed by atoms with Gasteiger partial charge in [-0.05, 0) is 63.4 Å². The van der Waals surface area contributed by atoms with Crippen LogP contribution in [0.3, 0.4) is 0 Å². The summed E-state index contributed by atoms with van der Waals surface area (Å²) in [6.07, 6.45) is 4.99. The molecule has 3 atom stereocenters. The predicted molar refractivity (Wildman–Crippen MR) is 190 cm³/mol. The zero-order valence-corrected chi connectivity index (χ0v) is 28.4. The van der Waals surface area contributed by atoms with E-state index in [9.17, 15) is 9.59 Å². The van der Waals surface area contributed by atoms with Gasteiger partial charge in [0.05, 0.1) is 36.7 Å². The Morgan fingerprint density at radius 2 is 1.81 bits per heavy atom. The van der Waals surface area contributed by atoms with Crippen LogP contribution in [-0.2, 0) is 14.3 Å². The molecule has 0 bridgehead atoms. The highest BCUT2D eigenvalue weighted by Crippen LogP contribution is 2.26. The molecule has 48 heavy (non-hydrogen) atoms. The highest BCUT2D eigenvalue weighted by molar-refractivity contribution is 6.01. The van der Waals surface area contributed by atoms with Gasteiger partial charge in [-0.2, -0.15) is 0 Å². The minimum absolute atomic E-state index is 0.0105. The van der Waals surface area contributed by atoms with Crippen LogP contribution < -0.4 is 16.0 Å². The van der Waals surface area contributed by atoms with Crippen LogP contribution >= 0.6 is 0 Å². The van der Waals surface area contributed by atoms with E-state index in [0.29, 0.717) is 69.4 Å². The summed E-state index contributed by atoms with van der Waals surface area (Å²) in [5, 5.41) is 19.7. The van der Waals surface area contributed by atoms with Gasteiger partial charge in [0, 0.05) is 51.9 Å². The zero-order chi connectivity index (χ0) is 34.4. The van der Waals surface area contributed by atoms with E-state index in [2.05, 4.69) is 21.3 Å². The number of morpholine rings is 1. The Kier molecular flexibility index (Phi) is 11.2. The van der Waals surface area contributed by atoms with Gasteiger partial charge in [0.1, 0.15) is 17.3 Å². The number of anilines is 2. The highest BCUT2D eigenvalue weighted by Gasteiger charge is 2.34. The van der Waals surface area contributed by atoms with Gasteiger partial charge in [-0.15, -0.1) is 0 Å². The fourth-order valence-corrected chi connectivity index (χ4v) is 6.63. The molecule has 13 nitrogen and oxygen atoms in total. The van der Waals surface area contributed by atoms with E-state index >= 15 is 0 Å². The van der Waals surface area contributed by atoms with E-state index in [1.165, 1.54) is 11.9 Å². The fraction of sp³-hybridized carbons (Fsp3) is 0.486. The summed E-state index contributed by atoms with van der Waals surface area (Å²) in [6.45, 7) is 10.1. The number of nitrogens with zero attached hydrogens (tertiary/aromatic N) is 6. The van der Waals surface area contributed by atoms with Crippen molar-refractivity contribution < 1.29 is 14.3 Å². The van der Waals surface area contributed by atoms with Crippen LogP contribution in [0.4, 0.5) is 11.5 Å². The number of rotatable bonds is 9. The molecule has 0 aliphatic carbocycles. The number of carbonyl (C=O) groups excluding carboxylic acids is 2. The van der Waals surface area contributed by atoms with Crippen molar-refractivity contribution in [3.8, 4) is 0 Å². The van der Waals surface area contributed by atoms with Crippen LogP contribution in [0.2, 0.25) is 0 Å². The Hall–Kier alpha value is -4.62. The van der Waals surface area contributed by atoms with Crippen molar-refractivity contribution in [2.75, 3.05) is 70.0 Å². The molecule has 5 rings (SSSR count). The largest absolute Gasteiger partial charge is 0.397 e. The number of benzene rings is 1. The van der Waals surface area contributed by atoms with Gasteiger partial charge in [-0.3, -0.25) is 30.2 Å². The smallest absolute Gasteiger partial charge is 0.237 e. The second kappa shape index (κ2) is 15.5. The average molecular weight is 657 g/mol. The molecule has 0 spiro atoms. The topological polar surface area (TPSA) is 167 Å². The molecule has 0 unspecified atom stereocenters. The third-order valence-corrected chi connectivity index (χ3v) is 9.12. The Morgan fingerprint density at radius 1 is 1.08 bits per heavy atom. The molecule has 1 aromatic carbocycles. The third-order valence-electron chi connectivity index (χ3n) is 9.12. The Bertz CT molecular complexity index is 1560. The minimum Gasteiger partial charge on any atom is -0.397 e. The number of nitrogens with one attached hydrogen (secondary N) is 3. The molecular weight excluding hydrogens is 608 g/mol. The lowest BCUT2D eigenvalue weighted by atomic mass is 9.98. The molecule has 2 aromatic rings. The van der Waals surface area contributed by atoms with Crippen molar-refractivity contribution in [1.29, 1.82) is 10.8 Å². The third kappa shape index (κ3) is 8.08. The van der Waals surface area contributed by atoms with Gasteiger partial charge in [-0.1, -0.05) is 30.3 Å². The maximum Gasteiger partial charge on any atom is 0.237 e. The first-order valence-corrected chi connectivity index (χ1v) is 16.7. The van der Waals surface area contributed by atoms with Crippen LogP contribution in [0.15, 0.2) is 47.5 Å². The lowest BCUT2D eigenvalue weighted by Gasteiger charge is -2.36. The Balaban J connectivity index is 1.15. The second-order valence-corrected chi connectivity index (χ2v) is 12.7. The maximum absolute atomic E-state index is 13.8. The van der Waals surface area contributed by atoms with Crippen molar-refractivity contribution in [1.82, 2.24) is 25.0 Å². The lowest BCUT2D eigenvalue weighted by molar-refractivity contribution is -0.132. The van der Waals surface area contributed by atoms with Gasteiger partial charge < -0.3 is 25.6 Å². The first-order valence-electron chi connectivity index (χ1n) is 16.7. The fourth-order valence-electron chi connectivity index (χ4n) is 6.63. The monoisotopic (exact) mass is 656 g/mol. The quantitative estimate of drug-likeness (QED) is 0.236. The number of aliphatic imine (C=N–C) groups is 1. The van der Waals surface area contributed by atoms with E-state index < -0.39 is 0 Å². The van der Waals surface area contributed by atoms with E-state index in [-0.39, 0.29) is 48.2 Å². The molecule has 13 heteroatoms. The summed E-state index contributed by atoms with van der Waals surface area (Å²) in [5.74, 6) is 0.687. The zero-order valence-electron chi connectivity index (χ0n) is 28.4. The number of amides is 2. The van der Waals surface area contributed by atoms with Crippen LogP contribution in [-0.4, -0.2) is 121 Å². The standard InChI is InChI=1S/C35H48N10O3/c1-5-45(30-11-10-29(36)32(41-30)34(38)44-18-23(2)48-24(3)19-44)35(47)28-12-15-42(20-28)21-31(46)43-16-13-26(14-17-43)25-6-8-27(9-7-25)33(37)40-22-39-4/h6-11,13,22-24,28,38H,5,12,14-21,36H2,1-4H3,(H2,37,39,40)/t23-,24+,28-/m1/s1. The lowest BCUT2D eigenvalue weighted by Crippen LogP contribution is -2.48. The number of nitrogen functional groups attached to an aromatic ring is 1. The number of nitrogens with two attached hydrogens (primary N) is 1. The molecule has 2 saturated heterocycles. The van der Waals surface area contributed by atoms with Gasteiger partial charge in [0.15, 0.2) is 5.84 Å². The molecular formula is C35H48N10O3. The Labute approximate surface area is 282 Å². The number of likely N-dealkylation sites (tertiary alicyclic amines) is 1. The Morgan fingerprint density at radius 3 is 2.46 bits per heavy atom. The van der Waals surface area contributed by atoms with Crippen molar-refractivity contribution in [3.63, 3.8) is 0 Å². The van der Waals surface area contributed by atoms with Crippen LogP contribution in [0.1, 0.15) is 50.4 Å². The van der Waals surface area contributed by atoms with Crippen molar-refractivity contribution >= 4 is 46.9 Å². The predicted octanol–water partition coefficient (Wildman–Crippen LogP) is 2.66. The molecule has 3 aliphatic heterocycles. The molecule has 256 valence electrons. The molecule has 0 saturated carbocycles. The van der Waals surface area contributed by atoms with Gasteiger partial charge >= 0.3 is 0 Å². The number of hydrogen-bond donors (Lipinski definition) is 4. The maximum atomic E-state index is 13.8. The molecule has 1 aromatic heterocycles. The minimum atomic E-state index is -0.248. The first-order chi connectivity index (χ1) is 23.1. The number of pyridine rings is 1. The summed E-state index contributed by atoms with van der Waals surface area (Å²) >= 11 is 0. The number of ether oxygens (including phenoxy) is 1. The number of aromatic nitrogens is 1. The van der Waals surface area contributed by atoms with Crippen LogP contribution in [0.25, 0.3) is 5.57 Å². The molecule has 0 radical (unpaired) electrons. The second-order valence-electron chi connectivity index (χ2n) is 12.7. The van der Waals surface area contributed by atoms with Crippen molar-refractivity contribution in [2.45, 2.75) is 45.8 Å².